The Bertz CT molecular complexity index is 641. The van der Waals surface area contributed by atoms with E-state index < -0.39 is 0 Å². The van der Waals surface area contributed by atoms with Crippen LogP contribution >= 0.6 is 0 Å². The van der Waals surface area contributed by atoms with Crippen molar-refractivity contribution in [1.82, 2.24) is 15.3 Å². The predicted molar refractivity (Wildman–Crippen MR) is 96.0 cm³/mol. The van der Waals surface area contributed by atoms with Gasteiger partial charge in [-0.1, -0.05) is 30.3 Å². The Kier molecular flexibility index (Phi) is 5.43. The highest BCUT2D eigenvalue weighted by Crippen LogP contribution is 2.25. The number of rotatable bonds is 6. The SMILES string of the molecule is Cc1ccnc(NCC2(NC(C)c3ccccc3)CCOCC2)n1. The van der Waals surface area contributed by atoms with Crippen LogP contribution in [0.2, 0.25) is 0 Å². The molecule has 2 N–H and O–H groups in total. The number of anilines is 1. The molecule has 0 spiro atoms. The van der Waals surface area contributed by atoms with Crippen molar-refractivity contribution in [1.29, 1.82) is 0 Å². The first-order valence-corrected chi connectivity index (χ1v) is 8.61. The number of ether oxygens (including phenoxy) is 1. The zero-order valence-electron chi connectivity index (χ0n) is 14.5. The Morgan fingerprint density at radius 1 is 1.17 bits per heavy atom. The number of hydrogen-bond donors (Lipinski definition) is 2. The lowest BCUT2D eigenvalue weighted by atomic mass is 9.88. The Labute approximate surface area is 143 Å². The topological polar surface area (TPSA) is 59.1 Å². The highest BCUT2D eigenvalue weighted by Gasteiger charge is 2.34. The van der Waals surface area contributed by atoms with Gasteiger partial charge < -0.3 is 15.4 Å². The molecule has 1 aliphatic rings. The molecule has 1 atom stereocenters. The fraction of sp³-hybridized carbons (Fsp3) is 0.474. The van der Waals surface area contributed by atoms with E-state index in [2.05, 4.69) is 57.9 Å². The predicted octanol–water partition coefficient (Wildman–Crippen LogP) is 3.10. The van der Waals surface area contributed by atoms with Crippen molar-refractivity contribution in [2.45, 2.75) is 38.3 Å². The minimum Gasteiger partial charge on any atom is -0.381 e. The van der Waals surface area contributed by atoms with Gasteiger partial charge in [-0.2, -0.15) is 0 Å². The highest BCUT2D eigenvalue weighted by atomic mass is 16.5. The van der Waals surface area contributed by atoms with Crippen molar-refractivity contribution in [2.75, 3.05) is 25.1 Å². The van der Waals surface area contributed by atoms with Crippen LogP contribution in [-0.4, -0.2) is 35.3 Å². The molecule has 0 saturated carbocycles. The first-order valence-electron chi connectivity index (χ1n) is 8.61. The standard InChI is InChI=1S/C19H26N4O/c1-15-8-11-20-18(22-15)21-14-19(9-12-24-13-10-19)23-16(2)17-6-4-3-5-7-17/h3-8,11,16,23H,9-10,12-14H2,1-2H3,(H,20,21,22). The first kappa shape index (κ1) is 16.9. The Morgan fingerprint density at radius 2 is 1.92 bits per heavy atom. The van der Waals surface area contributed by atoms with Crippen LogP contribution < -0.4 is 10.6 Å². The number of benzene rings is 1. The number of nitrogens with zero attached hydrogens (tertiary/aromatic N) is 2. The smallest absolute Gasteiger partial charge is 0.222 e. The third kappa shape index (κ3) is 4.30. The van der Waals surface area contributed by atoms with E-state index in [0.717, 1.165) is 38.3 Å². The van der Waals surface area contributed by atoms with E-state index >= 15 is 0 Å². The van der Waals surface area contributed by atoms with Crippen LogP contribution in [0.1, 0.15) is 37.1 Å². The molecule has 1 aromatic carbocycles. The number of nitrogens with one attached hydrogen (secondary N) is 2. The van der Waals surface area contributed by atoms with Gasteiger partial charge in [-0.25, -0.2) is 9.97 Å². The van der Waals surface area contributed by atoms with Crippen LogP contribution in [0, 0.1) is 6.92 Å². The summed E-state index contributed by atoms with van der Waals surface area (Å²) in [5.74, 6) is 0.690. The van der Waals surface area contributed by atoms with Gasteiger partial charge in [0.25, 0.3) is 0 Å². The average molecular weight is 326 g/mol. The summed E-state index contributed by atoms with van der Waals surface area (Å²) in [6, 6.07) is 12.8. The summed E-state index contributed by atoms with van der Waals surface area (Å²) < 4.78 is 5.58. The van der Waals surface area contributed by atoms with E-state index in [1.165, 1.54) is 5.56 Å². The van der Waals surface area contributed by atoms with Crippen LogP contribution in [0.5, 0.6) is 0 Å². The minimum absolute atomic E-state index is 0.0133. The van der Waals surface area contributed by atoms with Gasteiger partial charge in [-0.15, -0.1) is 0 Å². The van der Waals surface area contributed by atoms with Crippen LogP contribution in [0.25, 0.3) is 0 Å². The second-order valence-corrected chi connectivity index (χ2v) is 6.54. The molecule has 5 heteroatoms. The molecule has 128 valence electrons. The van der Waals surface area contributed by atoms with E-state index in [0.29, 0.717) is 5.95 Å². The third-order valence-electron chi connectivity index (χ3n) is 4.65. The van der Waals surface area contributed by atoms with Crippen molar-refractivity contribution in [2.24, 2.45) is 0 Å². The van der Waals surface area contributed by atoms with E-state index in [-0.39, 0.29) is 11.6 Å². The van der Waals surface area contributed by atoms with Gasteiger partial charge in [0.2, 0.25) is 5.95 Å². The summed E-state index contributed by atoms with van der Waals surface area (Å²) in [4.78, 5) is 8.76. The lowest BCUT2D eigenvalue weighted by molar-refractivity contribution is 0.0389. The zero-order chi connectivity index (χ0) is 16.8. The van der Waals surface area contributed by atoms with Crippen molar-refractivity contribution < 1.29 is 4.74 Å². The molecule has 1 saturated heterocycles. The van der Waals surface area contributed by atoms with Crippen molar-refractivity contribution in [3.63, 3.8) is 0 Å². The number of hydrogen-bond acceptors (Lipinski definition) is 5. The van der Waals surface area contributed by atoms with Gasteiger partial charge in [0.1, 0.15) is 0 Å². The minimum atomic E-state index is -0.0133. The maximum absolute atomic E-state index is 5.58. The van der Waals surface area contributed by atoms with Gasteiger partial charge in [-0.3, -0.25) is 0 Å². The normalized spacial score (nSPS) is 18.1. The fourth-order valence-corrected chi connectivity index (χ4v) is 3.20. The maximum Gasteiger partial charge on any atom is 0.222 e. The molecule has 0 aliphatic carbocycles. The third-order valence-corrected chi connectivity index (χ3v) is 4.65. The second kappa shape index (κ2) is 7.73. The molecule has 2 aromatic rings. The summed E-state index contributed by atoms with van der Waals surface area (Å²) >= 11 is 0. The molecule has 0 bridgehead atoms. The van der Waals surface area contributed by atoms with E-state index in [1.54, 1.807) is 6.20 Å². The lowest BCUT2D eigenvalue weighted by Crippen LogP contribution is -2.54. The van der Waals surface area contributed by atoms with Crippen molar-refractivity contribution >= 4 is 5.95 Å². The largest absolute Gasteiger partial charge is 0.381 e. The van der Waals surface area contributed by atoms with Gasteiger partial charge in [0.05, 0.1) is 0 Å². The lowest BCUT2D eigenvalue weighted by Gasteiger charge is -2.40. The van der Waals surface area contributed by atoms with E-state index in [1.807, 2.05) is 13.0 Å². The molecule has 2 heterocycles. The van der Waals surface area contributed by atoms with Gasteiger partial charge in [-0.05, 0) is 38.3 Å². The molecule has 1 fully saturated rings. The van der Waals surface area contributed by atoms with Crippen LogP contribution in [0.4, 0.5) is 5.95 Å². The van der Waals surface area contributed by atoms with Crippen LogP contribution in [0.3, 0.4) is 0 Å². The molecule has 1 aliphatic heterocycles. The fourth-order valence-electron chi connectivity index (χ4n) is 3.20. The molecule has 1 aromatic heterocycles. The Morgan fingerprint density at radius 3 is 2.62 bits per heavy atom. The number of aryl methyl sites for hydroxylation is 1. The van der Waals surface area contributed by atoms with Crippen molar-refractivity contribution in [3.8, 4) is 0 Å². The molecule has 1 unspecified atom stereocenters. The summed E-state index contributed by atoms with van der Waals surface area (Å²) in [6.45, 7) is 6.55. The molecular weight excluding hydrogens is 300 g/mol. The summed E-state index contributed by atoms with van der Waals surface area (Å²) in [5, 5.41) is 7.25. The number of aromatic nitrogens is 2. The first-order chi connectivity index (χ1) is 11.7. The zero-order valence-corrected chi connectivity index (χ0v) is 14.5. The Balaban J connectivity index is 1.70. The molecule has 3 rings (SSSR count). The maximum atomic E-state index is 5.58. The quantitative estimate of drug-likeness (QED) is 0.854. The molecule has 0 amide bonds. The van der Waals surface area contributed by atoms with Crippen LogP contribution in [-0.2, 0) is 4.74 Å². The molecule has 5 nitrogen and oxygen atoms in total. The summed E-state index contributed by atoms with van der Waals surface area (Å²) in [6.07, 6.45) is 3.74. The summed E-state index contributed by atoms with van der Waals surface area (Å²) in [5.41, 5.74) is 2.26. The van der Waals surface area contributed by atoms with E-state index in [9.17, 15) is 0 Å². The molecule has 0 radical (unpaired) electrons. The monoisotopic (exact) mass is 326 g/mol. The Hall–Kier alpha value is -1.98. The van der Waals surface area contributed by atoms with Gasteiger partial charge in [0, 0.05) is 43.2 Å². The summed E-state index contributed by atoms with van der Waals surface area (Å²) in [7, 11) is 0. The van der Waals surface area contributed by atoms with Gasteiger partial charge >= 0.3 is 0 Å². The second-order valence-electron chi connectivity index (χ2n) is 6.54. The van der Waals surface area contributed by atoms with Gasteiger partial charge in [0.15, 0.2) is 0 Å². The molecular formula is C19H26N4O. The van der Waals surface area contributed by atoms with E-state index in [4.69, 9.17) is 4.74 Å². The van der Waals surface area contributed by atoms with Crippen LogP contribution in [0.15, 0.2) is 42.6 Å². The highest BCUT2D eigenvalue weighted by molar-refractivity contribution is 5.26. The average Bonchev–Trinajstić information content (AvgIpc) is 2.62. The van der Waals surface area contributed by atoms with Crippen molar-refractivity contribution in [3.05, 3.63) is 53.9 Å². The molecule has 24 heavy (non-hydrogen) atoms.